The Hall–Kier alpha value is -1.44. The van der Waals surface area contributed by atoms with Crippen LogP contribution in [0, 0.1) is 83.1 Å². The molecule has 0 radical (unpaired) electrons. The van der Waals surface area contributed by atoms with Crippen molar-refractivity contribution >= 4 is 0 Å². The molecule has 0 aliphatic carbocycles. The van der Waals surface area contributed by atoms with Gasteiger partial charge in [0.15, 0.2) is 0 Å². The molecule has 0 amide bonds. The Morgan fingerprint density at radius 3 is 0.643 bits per heavy atom. The zero-order valence-corrected chi connectivity index (χ0v) is 21.1. The molecular weight excluding hydrogens is 383 g/mol. The average Bonchev–Trinajstić information content (AvgIpc) is 3.07. The Morgan fingerprint density at radius 1 is 0.429 bits per heavy atom. The first-order chi connectivity index (χ1) is 12.4. The summed E-state index contributed by atoms with van der Waals surface area (Å²) >= 11 is 0. The molecule has 0 N–H and O–H groups in total. The fraction of sp³-hybridized carbons (Fsp3) is 0.444. The van der Waals surface area contributed by atoms with Crippen LogP contribution < -0.4 is 0 Å². The molecule has 156 valence electrons. The van der Waals surface area contributed by atoms with Gasteiger partial charge in [-0.05, 0) is 0 Å². The predicted molar refractivity (Wildman–Crippen MR) is 123 cm³/mol. The number of aryl methyl sites for hydroxylation is 6. The van der Waals surface area contributed by atoms with E-state index < -0.39 is 0 Å². The van der Waals surface area contributed by atoms with E-state index in [9.17, 15) is 0 Å². The molecule has 0 atom stereocenters. The Morgan fingerprint density at radius 2 is 0.607 bits per heavy atom. The van der Waals surface area contributed by atoms with Gasteiger partial charge in [-0.1, -0.05) is 83.1 Å². The van der Waals surface area contributed by atoms with Crippen LogP contribution in [-0.2, 0) is 16.8 Å². The standard InChI is InChI=1S/3C9H13.Co/c3*1-6-5-7(2)9(4)8(6)3;/h3*5H,1-4H3;/q3*-1;+3. The normalized spacial score (nSPS) is 9.86. The van der Waals surface area contributed by atoms with Crippen LogP contribution in [0.25, 0.3) is 0 Å². The Labute approximate surface area is 184 Å². The summed E-state index contributed by atoms with van der Waals surface area (Å²) in [4.78, 5) is 0. The topological polar surface area (TPSA) is 0 Å². The molecular formula is C27H39Co. The first-order valence-electron chi connectivity index (χ1n) is 9.98. The van der Waals surface area contributed by atoms with Gasteiger partial charge in [0.2, 0.25) is 0 Å². The third kappa shape index (κ3) is 6.29. The molecule has 0 nitrogen and oxygen atoms in total. The van der Waals surface area contributed by atoms with E-state index in [1.807, 2.05) is 0 Å². The van der Waals surface area contributed by atoms with E-state index in [1.54, 1.807) is 0 Å². The maximum atomic E-state index is 2.24. The number of hydrogen-bond donors (Lipinski definition) is 0. The van der Waals surface area contributed by atoms with Gasteiger partial charge in [0.05, 0.1) is 0 Å². The van der Waals surface area contributed by atoms with Crippen molar-refractivity contribution < 1.29 is 16.8 Å². The molecule has 0 saturated heterocycles. The molecule has 3 rings (SSSR count). The van der Waals surface area contributed by atoms with Crippen molar-refractivity contribution in [2.24, 2.45) is 0 Å². The van der Waals surface area contributed by atoms with Crippen molar-refractivity contribution in [2.45, 2.75) is 83.1 Å². The second-order valence-corrected chi connectivity index (χ2v) is 8.28. The summed E-state index contributed by atoms with van der Waals surface area (Å²) in [5.41, 5.74) is 17.2. The van der Waals surface area contributed by atoms with Crippen LogP contribution in [0.2, 0.25) is 0 Å². The Kier molecular flexibility index (Phi) is 10.4. The first kappa shape index (κ1) is 26.6. The van der Waals surface area contributed by atoms with Gasteiger partial charge in [0.25, 0.3) is 0 Å². The van der Waals surface area contributed by atoms with Crippen molar-refractivity contribution in [3.63, 3.8) is 0 Å². The van der Waals surface area contributed by atoms with E-state index in [2.05, 4.69) is 101 Å². The van der Waals surface area contributed by atoms with Crippen LogP contribution in [0.5, 0.6) is 0 Å². The van der Waals surface area contributed by atoms with Gasteiger partial charge in [-0.3, -0.25) is 0 Å². The van der Waals surface area contributed by atoms with Crippen LogP contribution in [0.3, 0.4) is 0 Å². The predicted octanol–water partition coefficient (Wildman–Crippen LogP) is 7.92. The summed E-state index contributed by atoms with van der Waals surface area (Å²) in [5.74, 6) is 0. The molecule has 0 spiro atoms. The van der Waals surface area contributed by atoms with Crippen molar-refractivity contribution in [3.05, 3.63) is 85.0 Å². The maximum absolute atomic E-state index is 2.24. The Bertz CT molecular complexity index is 707. The van der Waals surface area contributed by atoms with Crippen molar-refractivity contribution in [3.8, 4) is 0 Å². The molecule has 1 heteroatoms. The van der Waals surface area contributed by atoms with E-state index in [0.29, 0.717) is 0 Å². The average molecular weight is 423 g/mol. The minimum atomic E-state index is 0. The zero-order chi connectivity index (χ0) is 21.0. The fourth-order valence-corrected chi connectivity index (χ4v) is 3.40. The molecule has 3 aromatic rings. The van der Waals surface area contributed by atoms with E-state index >= 15 is 0 Å². The van der Waals surface area contributed by atoms with Crippen molar-refractivity contribution in [1.29, 1.82) is 0 Å². The van der Waals surface area contributed by atoms with E-state index in [0.717, 1.165) is 0 Å². The fourth-order valence-electron chi connectivity index (χ4n) is 3.40. The molecule has 3 aromatic carbocycles. The van der Waals surface area contributed by atoms with Crippen LogP contribution in [-0.4, -0.2) is 0 Å². The van der Waals surface area contributed by atoms with Crippen molar-refractivity contribution in [2.75, 3.05) is 0 Å². The molecule has 0 saturated carbocycles. The quantitative estimate of drug-likeness (QED) is 0.323. The molecule has 28 heavy (non-hydrogen) atoms. The smallest absolute Gasteiger partial charge is 0.199 e. The minimum Gasteiger partial charge on any atom is -0.199 e. The first-order valence-corrected chi connectivity index (χ1v) is 9.98. The summed E-state index contributed by atoms with van der Waals surface area (Å²) in [6, 6.07) is 6.72. The second kappa shape index (κ2) is 10.9. The molecule has 0 unspecified atom stereocenters. The minimum absolute atomic E-state index is 0. The van der Waals surface area contributed by atoms with Gasteiger partial charge < -0.3 is 0 Å². The van der Waals surface area contributed by atoms with Gasteiger partial charge in [-0.15, -0.1) is 0 Å². The third-order valence-corrected chi connectivity index (χ3v) is 6.54. The van der Waals surface area contributed by atoms with Crippen LogP contribution in [0.1, 0.15) is 66.8 Å². The van der Waals surface area contributed by atoms with Gasteiger partial charge in [0.1, 0.15) is 0 Å². The molecule has 0 aliphatic heterocycles. The largest absolute Gasteiger partial charge is 3.00 e. The van der Waals surface area contributed by atoms with Gasteiger partial charge in [-0.25, -0.2) is 0 Å². The summed E-state index contributed by atoms with van der Waals surface area (Å²) in [6.45, 7) is 26.0. The molecule has 0 fully saturated rings. The van der Waals surface area contributed by atoms with Gasteiger partial charge in [0, 0.05) is 0 Å². The Balaban J connectivity index is 0.000000384. The molecule has 0 aromatic heterocycles. The summed E-state index contributed by atoms with van der Waals surface area (Å²) in [6.07, 6.45) is 0. The SMILES string of the molecule is Cc1c[c-](C)c(C)c1C.Cc1c[c-](C)c(C)c1C.Cc1c[c-](C)c(C)c1C.[Co+3]. The summed E-state index contributed by atoms with van der Waals surface area (Å²) in [7, 11) is 0. The monoisotopic (exact) mass is 422 g/mol. The number of hydrogen-bond acceptors (Lipinski definition) is 0. The molecule has 0 aliphatic rings. The second-order valence-electron chi connectivity index (χ2n) is 8.28. The summed E-state index contributed by atoms with van der Waals surface area (Å²) < 4.78 is 0. The van der Waals surface area contributed by atoms with E-state index in [1.165, 1.54) is 66.8 Å². The van der Waals surface area contributed by atoms with Crippen LogP contribution in [0.15, 0.2) is 18.2 Å². The maximum Gasteiger partial charge on any atom is 3.00 e. The molecule has 0 heterocycles. The van der Waals surface area contributed by atoms with E-state index in [4.69, 9.17) is 0 Å². The van der Waals surface area contributed by atoms with Crippen LogP contribution in [0.4, 0.5) is 0 Å². The van der Waals surface area contributed by atoms with Gasteiger partial charge >= 0.3 is 16.8 Å². The summed E-state index contributed by atoms with van der Waals surface area (Å²) in [5, 5.41) is 0. The van der Waals surface area contributed by atoms with Crippen LogP contribution >= 0.6 is 0 Å². The molecule has 0 bridgehead atoms. The van der Waals surface area contributed by atoms with Crippen molar-refractivity contribution in [1.82, 2.24) is 0 Å². The number of rotatable bonds is 0. The zero-order valence-electron chi connectivity index (χ0n) is 20.1. The van der Waals surface area contributed by atoms with Gasteiger partial charge in [-0.2, -0.15) is 85.0 Å². The van der Waals surface area contributed by atoms with E-state index in [-0.39, 0.29) is 16.8 Å². The third-order valence-electron chi connectivity index (χ3n) is 6.54.